The van der Waals surface area contributed by atoms with Crippen LogP contribution < -0.4 is 21.7 Å². The van der Waals surface area contributed by atoms with Gasteiger partial charge in [-0.25, -0.2) is 4.79 Å². The fourth-order valence-electron chi connectivity index (χ4n) is 2.60. The molecule has 0 bridgehead atoms. The van der Waals surface area contributed by atoms with Gasteiger partial charge < -0.3 is 31.9 Å². The highest BCUT2D eigenvalue weighted by atomic mass is 32.2. The molecular formula is C19H34N4O7S2. The van der Waals surface area contributed by atoms with Crippen LogP contribution in [0.25, 0.3) is 0 Å². The van der Waals surface area contributed by atoms with Crippen LogP contribution in [0.5, 0.6) is 0 Å². The molecule has 3 amide bonds. The van der Waals surface area contributed by atoms with Gasteiger partial charge in [0.05, 0.1) is 6.04 Å². The maximum absolute atomic E-state index is 12.9. The zero-order valence-electron chi connectivity index (χ0n) is 18.5. The van der Waals surface area contributed by atoms with Crippen LogP contribution >= 0.6 is 24.4 Å². The third kappa shape index (κ3) is 11.0. The molecule has 5 atom stereocenters. The molecular weight excluding hydrogens is 460 g/mol. The Bertz CT molecular complexity index is 666. The summed E-state index contributed by atoms with van der Waals surface area (Å²) in [6.45, 7) is 3.55. The molecule has 0 aliphatic heterocycles. The van der Waals surface area contributed by atoms with E-state index in [-0.39, 0.29) is 30.9 Å². The van der Waals surface area contributed by atoms with Crippen LogP contribution in [0, 0.1) is 5.92 Å². The zero-order valence-corrected chi connectivity index (χ0v) is 20.2. The van der Waals surface area contributed by atoms with Crippen molar-refractivity contribution in [2.45, 2.75) is 63.7 Å². The first-order valence-corrected chi connectivity index (χ1v) is 12.2. The normalized spacial score (nSPS) is 15.5. The van der Waals surface area contributed by atoms with Crippen LogP contribution in [0.2, 0.25) is 0 Å². The average molecular weight is 495 g/mol. The second-order valence-electron chi connectivity index (χ2n) is 7.34. The number of carboxylic acid groups (broad SMARTS) is 2. The summed E-state index contributed by atoms with van der Waals surface area (Å²) in [7, 11) is 0. The molecule has 0 aliphatic carbocycles. The second kappa shape index (κ2) is 15.8. The van der Waals surface area contributed by atoms with E-state index in [9.17, 15) is 24.0 Å². The predicted molar refractivity (Wildman–Crippen MR) is 125 cm³/mol. The molecule has 13 heteroatoms. The quantitative estimate of drug-likeness (QED) is 0.138. The minimum absolute atomic E-state index is 0.0871. The summed E-state index contributed by atoms with van der Waals surface area (Å²) < 4.78 is 0. The number of nitrogens with two attached hydrogens (primary N) is 1. The Kier molecular flexibility index (Phi) is 14.8. The standard InChI is InChI=1S/C19H34N4O7S2/c1-4-10(2)15(18(28)22-13(9-31)19(29)30)23-17(27)12(7-8-32-3)21-16(26)11(20)5-6-14(24)25/h10-13,15,31H,4-9,20H2,1-3H3,(H,21,26)(H,22,28)(H,23,27)(H,24,25)(H,29,30). The molecule has 32 heavy (non-hydrogen) atoms. The van der Waals surface area contributed by atoms with Crippen molar-refractivity contribution in [1.82, 2.24) is 16.0 Å². The number of carbonyl (C=O) groups is 5. The largest absolute Gasteiger partial charge is 0.481 e. The Labute approximate surface area is 197 Å². The molecule has 7 N–H and O–H groups in total. The molecule has 5 unspecified atom stereocenters. The van der Waals surface area contributed by atoms with Gasteiger partial charge in [-0.3, -0.25) is 19.2 Å². The number of hydrogen-bond donors (Lipinski definition) is 7. The van der Waals surface area contributed by atoms with Gasteiger partial charge in [-0.15, -0.1) is 0 Å². The molecule has 0 spiro atoms. The lowest BCUT2D eigenvalue weighted by Crippen LogP contribution is -2.59. The molecule has 0 aromatic rings. The van der Waals surface area contributed by atoms with Crippen molar-refractivity contribution in [3.63, 3.8) is 0 Å². The zero-order chi connectivity index (χ0) is 24.8. The number of aliphatic carboxylic acids is 2. The van der Waals surface area contributed by atoms with Crippen molar-refractivity contribution in [3.8, 4) is 0 Å². The van der Waals surface area contributed by atoms with E-state index in [0.29, 0.717) is 12.2 Å². The molecule has 0 saturated carbocycles. The Balaban J connectivity index is 5.39. The third-order valence-corrected chi connectivity index (χ3v) is 5.85. The van der Waals surface area contributed by atoms with Crippen LogP contribution in [0.15, 0.2) is 0 Å². The van der Waals surface area contributed by atoms with E-state index in [1.54, 1.807) is 6.92 Å². The highest BCUT2D eigenvalue weighted by molar-refractivity contribution is 7.98. The van der Waals surface area contributed by atoms with Crippen molar-refractivity contribution < 1.29 is 34.2 Å². The SMILES string of the molecule is CCC(C)C(NC(=O)C(CCSC)NC(=O)C(N)CCC(=O)O)C(=O)NC(CS)C(=O)O. The lowest BCUT2D eigenvalue weighted by Gasteiger charge is -2.28. The Hall–Kier alpha value is -1.99. The first-order valence-electron chi connectivity index (χ1n) is 10.2. The van der Waals surface area contributed by atoms with E-state index >= 15 is 0 Å². The molecule has 0 radical (unpaired) electrons. The van der Waals surface area contributed by atoms with Gasteiger partial charge >= 0.3 is 11.9 Å². The summed E-state index contributed by atoms with van der Waals surface area (Å²) in [5.41, 5.74) is 5.72. The molecule has 0 rings (SSSR count). The third-order valence-electron chi connectivity index (χ3n) is 4.84. The number of nitrogens with one attached hydrogen (secondary N) is 3. The first-order chi connectivity index (χ1) is 15.0. The van der Waals surface area contributed by atoms with Gasteiger partial charge in [0.15, 0.2) is 0 Å². The van der Waals surface area contributed by atoms with Crippen molar-refractivity contribution in [2.75, 3.05) is 17.8 Å². The van der Waals surface area contributed by atoms with Gasteiger partial charge in [0.2, 0.25) is 17.7 Å². The molecule has 0 aliphatic rings. The van der Waals surface area contributed by atoms with Crippen LogP contribution in [0.4, 0.5) is 0 Å². The second-order valence-corrected chi connectivity index (χ2v) is 8.69. The minimum atomic E-state index is -1.25. The van der Waals surface area contributed by atoms with Crippen molar-refractivity contribution >= 4 is 54.1 Å². The maximum Gasteiger partial charge on any atom is 0.327 e. The Morgan fingerprint density at radius 3 is 2.03 bits per heavy atom. The molecule has 0 aromatic heterocycles. The lowest BCUT2D eigenvalue weighted by molar-refractivity contribution is -0.142. The number of carbonyl (C=O) groups excluding carboxylic acids is 3. The van der Waals surface area contributed by atoms with Crippen LogP contribution in [-0.2, 0) is 24.0 Å². The highest BCUT2D eigenvalue weighted by Gasteiger charge is 2.32. The molecule has 0 aromatic carbocycles. The number of thioether (sulfide) groups is 1. The maximum atomic E-state index is 12.9. The number of amides is 3. The fraction of sp³-hybridized carbons (Fsp3) is 0.737. The van der Waals surface area contributed by atoms with Gasteiger partial charge in [-0.2, -0.15) is 24.4 Å². The lowest BCUT2D eigenvalue weighted by atomic mass is 9.97. The van der Waals surface area contributed by atoms with Crippen molar-refractivity contribution in [3.05, 3.63) is 0 Å². The average Bonchev–Trinajstić information content (AvgIpc) is 2.75. The summed E-state index contributed by atoms with van der Waals surface area (Å²) in [6, 6.07) is -4.33. The minimum Gasteiger partial charge on any atom is -0.481 e. The van der Waals surface area contributed by atoms with Gasteiger partial charge in [0, 0.05) is 12.2 Å². The molecule has 184 valence electrons. The highest BCUT2D eigenvalue weighted by Crippen LogP contribution is 2.10. The smallest absolute Gasteiger partial charge is 0.327 e. The van der Waals surface area contributed by atoms with Gasteiger partial charge in [0.1, 0.15) is 18.1 Å². The van der Waals surface area contributed by atoms with Crippen molar-refractivity contribution in [2.24, 2.45) is 11.7 Å². The van der Waals surface area contributed by atoms with E-state index in [2.05, 4.69) is 28.6 Å². The van der Waals surface area contributed by atoms with Gasteiger partial charge in [-0.05, 0) is 30.8 Å². The fourth-order valence-corrected chi connectivity index (χ4v) is 3.31. The summed E-state index contributed by atoms with van der Waals surface area (Å²) in [5.74, 6) is -4.19. The van der Waals surface area contributed by atoms with E-state index < -0.39 is 53.8 Å². The van der Waals surface area contributed by atoms with Gasteiger partial charge in [-0.1, -0.05) is 20.3 Å². The number of rotatable bonds is 16. The summed E-state index contributed by atoms with van der Waals surface area (Å²) in [5, 5.41) is 25.4. The monoisotopic (exact) mass is 494 g/mol. The summed E-state index contributed by atoms with van der Waals surface area (Å²) in [4.78, 5) is 59.8. The van der Waals surface area contributed by atoms with Crippen LogP contribution in [0.1, 0.15) is 39.5 Å². The van der Waals surface area contributed by atoms with E-state index in [0.717, 1.165) is 0 Å². The Morgan fingerprint density at radius 1 is 0.969 bits per heavy atom. The number of carboxylic acids is 2. The van der Waals surface area contributed by atoms with Gasteiger partial charge in [0.25, 0.3) is 0 Å². The van der Waals surface area contributed by atoms with Crippen LogP contribution in [0.3, 0.4) is 0 Å². The summed E-state index contributed by atoms with van der Waals surface area (Å²) >= 11 is 5.37. The first kappa shape index (κ1) is 30.0. The number of thiol groups is 1. The summed E-state index contributed by atoms with van der Waals surface area (Å²) in [6.07, 6.45) is 2.24. The molecule has 0 fully saturated rings. The number of hydrogen-bond acceptors (Lipinski definition) is 8. The molecule has 11 nitrogen and oxygen atoms in total. The predicted octanol–water partition coefficient (Wildman–Crippen LogP) is -0.553. The van der Waals surface area contributed by atoms with E-state index in [1.807, 2.05) is 13.2 Å². The van der Waals surface area contributed by atoms with E-state index in [4.69, 9.17) is 15.9 Å². The molecule has 0 heterocycles. The van der Waals surface area contributed by atoms with Crippen LogP contribution in [-0.4, -0.2) is 81.8 Å². The van der Waals surface area contributed by atoms with E-state index in [1.165, 1.54) is 11.8 Å². The van der Waals surface area contributed by atoms with Crippen molar-refractivity contribution in [1.29, 1.82) is 0 Å². The topological polar surface area (TPSA) is 188 Å². The Morgan fingerprint density at radius 2 is 1.56 bits per heavy atom. The molecule has 0 saturated heterocycles.